The van der Waals surface area contributed by atoms with E-state index in [1.54, 1.807) is 20.8 Å². The van der Waals surface area contributed by atoms with Crippen LogP contribution in [0.3, 0.4) is 0 Å². The van der Waals surface area contributed by atoms with Gasteiger partial charge in [0.1, 0.15) is 5.60 Å². The molecule has 3 N–H and O–H groups in total. The first-order chi connectivity index (χ1) is 7.52. The Kier molecular flexibility index (Phi) is 6.12. The molecular formula is C9H21N2O5P. The zero-order valence-electron chi connectivity index (χ0n) is 10.6. The van der Waals surface area contributed by atoms with Crippen LogP contribution in [0, 0.1) is 0 Å². The van der Waals surface area contributed by atoms with E-state index < -0.39 is 19.4 Å². The van der Waals surface area contributed by atoms with Gasteiger partial charge in [0.25, 0.3) is 0 Å². The van der Waals surface area contributed by atoms with Crippen molar-refractivity contribution in [1.29, 1.82) is 0 Å². The lowest BCUT2D eigenvalue weighted by Crippen LogP contribution is -2.33. The molecule has 0 atom stereocenters. The van der Waals surface area contributed by atoms with E-state index in [1.165, 1.54) is 7.05 Å². The van der Waals surface area contributed by atoms with Gasteiger partial charge in [-0.15, -0.1) is 0 Å². The second kappa shape index (κ2) is 6.35. The first-order valence-electron chi connectivity index (χ1n) is 5.26. The lowest BCUT2D eigenvalue weighted by Gasteiger charge is -2.20. The van der Waals surface area contributed by atoms with E-state index in [0.717, 1.165) is 4.67 Å². The smallest absolute Gasteiger partial charge is 0.407 e. The Labute approximate surface area is 101 Å². The molecule has 17 heavy (non-hydrogen) atoms. The van der Waals surface area contributed by atoms with E-state index in [2.05, 4.69) is 5.32 Å². The molecule has 0 aliphatic carbocycles. The molecular weight excluding hydrogens is 247 g/mol. The molecule has 8 heteroatoms. The van der Waals surface area contributed by atoms with E-state index >= 15 is 0 Å². The predicted molar refractivity (Wildman–Crippen MR) is 63.5 cm³/mol. The molecule has 1 amide bonds. The molecule has 0 radical (unpaired) electrons. The topological polar surface area (TPSA) is 99.1 Å². The quantitative estimate of drug-likeness (QED) is 0.506. The minimum absolute atomic E-state index is 0.195. The fourth-order valence-electron chi connectivity index (χ4n) is 0.943. The second-order valence-corrected chi connectivity index (χ2v) is 6.39. The number of carbonyl (C=O) groups is 1. The summed E-state index contributed by atoms with van der Waals surface area (Å²) in [5, 5.41) is 2.51. The van der Waals surface area contributed by atoms with Gasteiger partial charge in [-0.1, -0.05) is 0 Å². The molecule has 0 rings (SSSR count). The van der Waals surface area contributed by atoms with Crippen LogP contribution < -0.4 is 5.32 Å². The summed E-state index contributed by atoms with van der Waals surface area (Å²) in [6.45, 7) is 5.77. The monoisotopic (exact) mass is 268 g/mol. The summed E-state index contributed by atoms with van der Waals surface area (Å²) in [7, 11) is -2.84. The molecule has 0 aliphatic heterocycles. The number of nitrogens with zero attached hydrogens (tertiary/aromatic N) is 1. The molecule has 0 heterocycles. The summed E-state index contributed by atoms with van der Waals surface area (Å²) in [5.74, 6) is 0. The predicted octanol–water partition coefficient (Wildman–Crippen LogP) is 0.926. The highest BCUT2D eigenvalue weighted by molar-refractivity contribution is 7.49. The minimum Gasteiger partial charge on any atom is -0.444 e. The Balaban J connectivity index is 3.73. The van der Waals surface area contributed by atoms with Crippen molar-refractivity contribution in [1.82, 2.24) is 9.99 Å². The lowest BCUT2D eigenvalue weighted by molar-refractivity contribution is 0.0527. The summed E-state index contributed by atoms with van der Waals surface area (Å²) in [4.78, 5) is 28.7. The summed E-state index contributed by atoms with van der Waals surface area (Å²) in [6, 6.07) is 0. The van der Waals surface area contributed by atoms with E-state index in [9.17, 15) is 9.36 Å². The molecule has 0 bridgehead atoms. The van der Waals surface area contributed by atoms with Crippen molar-refractivity contribution in [3.63, 3.8) is 0 Å². The minimum atomic E-state index is -4.16. The summed E-state index contributed by atoms with van der Waals surface area (Å²) in [5.41, 5.74) is -0.549. The van der Waals surface area contributed by atoms with Crippen LogP contribution in [-0.4, -0.2) is 46.3 Å². The summed E-state index contributed by atoms with van der Waals surface area (Å²) in [6.07, 6.45) is -0.0998. The number of nitrogens with one attached hydrogen (secondary N) is 1. The van der Waals surface area contributed by atoms with Crippen LogP contribution in [0.25, 0.3) is 0 Å². The van der Waals surface area contributed by atoms with Gasteiger partial charge < -0.3 is 19.8 Å². The highest BCUT2D eigenvalue weighted by Gasteiger charge is 2.20. The molecule has 0 aromatic carbocycles. The zero-order chi connectivity index (χ0) is 13.7. The Morgan fingerprint density at radius 1 is 1.41 bits per heavy atom. The van der Waals surface area contributed by atoms with Gasteiger partial charge in [-0.3, -0.25) is 0 Å². The van der Waals surface area contributed by atoms with Crippen molar-refractivity contribution in [3.05, 3.63) is 0 Å². The van der Waals surface area contributed by atoms with Gasteiger partial charge in [-0.05, 0) is 34.2 Å². The van der Waals surface area contributed by atoms with Crippen LogP contribution >= 0.6 is 7.75 Å². The fraction of sp³-hybridized carbons (Fsp3) is 0.889. The Morgan fingerprint density at radius 3 is 2.35 bits per heavy atom. The number of hydrogen-bond acceptors (Lipinski definition) is 3. The normalized spacial score (nSPS) is 12.6. The second-order valence-electron chi connectivity index (χ2n) is 4.68. The maximum absolute atomic E-state index is 11.2. The van der Waals surface area contributed by atoms with Crippen LogP contribution in [0.4, 0.5) is 4.79 Å². The van der Waals surface area contributed by atoms with E-state index in [1.807, 2.05) is 0 Å². The maximum Gasteiger partial charge on any atom is 0.407 e. The third kappa shape index (κ3) is 9.12. The number of hydrogen-bond donors (Lipinski definition) is 3. The van der Waals surface area contributed by atoms with Crippen LogP contribution in [-0.2, 0) is 9.30 Å². The number of amides is 1. The van der Waals surface area contributed by atoms with Gasteiger partial charge in [-0.2, -0.15) is 0 Å². The van der Waals surface area contributed by atoms with Crippen molar-refractivity contribution >= 4 is 13.8 Å². The highest BCUT2D eigenvalue weighted by atomic mass is 31.2. The number of alkyl carbamates (subject to hydrolysis) is 1. The molecule has 0 unspecified atom stereocenters. The first kappa shape index (κ1) is 16.4. The zero-order valence-corrected chi connectivity index (χ0v) is 11.5. The first-order valence-corrected chi connectivity index (χ1v) is 6.83. The summed E-state index contributed by atoms with van der Waals surface area (Å²) < 4.78 is 16.7. The largest absolute Gasteiger partial charge is 0.444 e. The number of carbonyl (C=O) groups excluding carboxylic acids is 1. The number of ether oxygens (including phenoxy) is 1. The average molecular weight is 268 g/mol. The fourth-order valence-corrected chi connectivity index (χ4v) is 1.34. The molecule has 0 aliphatic rings. The van der Waals surface area contributed by atoms with Crippen LogP contribution in [0.1, 0.15) is 27.2 Å². The van der Waals surface area contributed by atoms with Crippen LogP contribution in [0.5, 0.6) is 0 Å². The molecule has 0 aromatic heterocycles. The third-order valence-corrected chi connectivity index (χ3v) is 2.86. The third-order valence-electron chi connectivity index (χ3n) is 1.77. The Bertz CT molecular complexity index is 296. The molecule has 0 aromatic rings. The molecule has 102 valence electrons. The lowest BCUT2D eigenvalue weighted by atomic mass is 10.2. The van der Waals surface area contributed by atoms with Crippen molar-refractivity contribution in [2.75, 3.05) is 20.1 Å². The summed E-state index contributed by atoms with van der Waals surface area (Å²) >= 11 is 0. The number of rotatable bonds is 5. The Hall–Kier alpha value is -0.620. The van der Waals surface area contributed by atoms with E-state index in [-0.39, 0.29) is 6.54 Å². The van der Waals surface area contributed by atoms with Crippen LogP contribution in [0.2, 0.25) is 0 Å². The molecule has 0 fully saturated rings. The van der Waals surface area contributed by atoms with Gasteiger partial charge in [0, 0.05) is 13.1 Å². The molecule has 0 saturated carbocycles. The molecule has 0 spiro atoms. The van der Waals surface area contributed by atoms with Crippen LogP contribution in [0.15, 0.2) is 0 Å². The maximum atomic E-state index is 11.2. The van der Waals surface area contributed by atoms with Crippen molar-refractivity contribution in [2.24, 2.45) is 0 Å². The van der Waals surface area contributed by atoms with Gasteiger partial charge in [0.15, 0.2) is 0 Å². The van der Waals surface area contributed by atoms with Gasteiger partial charge >= 0.3 is 13.8 Å². The van der Waals surface area contributed by atoms with Gasteiger partial charge in [0.05, 0.1) is 0 Å². The Morgan fingerprint density at radius 2 is 1.94 bits per heavy atom. The van der Waals surface area contributed by atoms with Crippen molar-refractivity contribution in [3.8, 4) is 0 Å². The SMILES string of the molecule is CN(CCCNC(=O)OC(C)(C)C)P(=O)(O)O. The van der Waals surface area contributed by atoms with E-state index in [0.29, 0.717) is 13.0 Å². The van der Waals surface area contributed by atoms with E-state index in [4.69, 9.17) is 14.5 Å². The van der Waals surface area contributed by atoms with Gasteiger partial charge in [0.2, 0.25) is 0 Å². The standard InChI is InChI=1S/C9H21N2O5P/c1-9(2,3)16-8(12)10-6-5-7-11(4)17(13,14)15/h5-7H2,1-4H3,(H,10,12)(H2,13,14,15). The average Bonchev–Trinajstić information content (AvgIpc) is 2.07. The highest BCUT2D eigenvalue weighted by Crippen LogP contribution is 2.37. The van der Waals surface area contributed by atoms with Crippen molar-refractivity contribution in [2.45, 2.75) is 32.8 Å². The van der Waals surface area contributed by atoms with Gasteiger partial charge in [-0.25, -0.2) is 14.0 Å². The molecule has 0 saturated heterocycles. The molecule has 7 nitrogen and oxygen atoms in total. The van der Waals surface area contributed by atoms with Crippen molar-refractivity contribution < 1.29 is 23.9 Å².